The van der Waals surface area contributed by atoms with Gasteiger partial charge in [-0.25, -0.2) is 0 Å². The zero-order chi connectivity index (χ0) is 22.4. The summed E-state index contributed by atoms with van der Waals surface area (Å²) in [5, 5.41) is 3.71. The molecule has 0 amide bonds. The van der Waals surface area contributed by atoms with Crippen molar-refractivity contribution in [3.05, 3.63) is 131 Å². The number of hydrogen-bond acceptors (Lipinski definition) is 3. The molecule has 0 aliphatic heterocycles. The van der Waals surface area contributed by atoms with Crippen LogP contribution in [0.3, 0.4) is 0 Å². The molecule has 6 rings (SSSR count). The van der Waals surface area contributed by atoms with Gasteiger partial charge in [0.05, 0.1) is 0 Å². The van der Waals surface area contributed by atoms with Gasteiger partial charge in [0.2, 0.25) is 0 Å². The standard InChI is InChI=1S/C30H18O3/c31-29(20-16-17-28-26(18-20)22-11-5-6-15-27(22)33-28)24-12-3-4-13-25(24)30(32)23-14-7-9-19-8-1-2-10-21(19)23/h1-18H. The van der Waals surface area contributed by atoms with Crippen LogP contribution in [0.5, 0.6) is 0 Å². The first kappa shape index (κ1) is 19.2. The molecule has 5 aromatic carbocycles. The lowest BCUT2D eigenvalue weighted by atomic mass is 9.91. The fraction of sp³-hybridized carbons (Fsp3) is 0. The molecule has 156 valence electrons. The zero-order valence-corrected chi connectivity index (χ0v) is 17.6. The molecule has 0 bridgehead atoms. The van der Waals surface area contributed by atoms with Crippen LogP contribution in [0.4, 0.5) is 0 Å². The number of rotatable bonds is 4. The third-order valence-electron chi connectivity index (χ3n) is 6.09. The minimum Gasteiger partial charge on any atom is -0.456 e. The van der Waals surface area contributed by atoms with Crippen molar-refractivity contribution in [2.45, 2.75) is 0 Å². The van der Waals surface area contributed by atoms with E-state index in [1.807, 2.05) is 78.9 Å². The van der Waals surface area contributed by atoms with Gasteiger partial charge in [0.15, 0.2) is 11.6 Å². The van der Waals surface area contributed by atoms with Gasteiger partial charge in [-0.1, -0.05) is 84.9 Å². The van der Waals surface area contributed by atoms with E-state index in [1.54, 1.807) is 30.3 Å². The van der Waals surface area contributed by atoms with Crippen molar-refractivity contribution in [1.29, 1.82) is 0 Å². The molecule has 6 aromatic rings. The van der Waals surface area contributed by atoms with Crippen molar-refractivity contribution in [3.63, 3.8) is 0 Å². The highest BCUT2D eigenvalue weighted by Gasteiger charge is 2.21. The van der Waals surface area contributed by atoms with E-state index in [2.05, 4.69) is 0 Å². The van der Waals surface area contributed by atoms with Gasteiger partial charge >= 0.3 is 0 Å². The second-order valence-electron chi connectivity index (χ2n) is 8.04. The number of benzene rings is 5. The predicted molar refractivity (Wildman–Crippen MR) is 131 cm³/mol. The first-order valence-corrected chi connectivity index (χ1v) is 10.8. The third-order valence-corrected chi connectivity index (χ3v) is 6.09. The highest BCUT2D eigenvalue weighted by Crippen LogP contribution is 2.30. The van der Waals surface area contributed by atoms with Gasteiger partial charge in [-0.2, -0.15) is 0 Å². The summed E-state index contributed by atoms with van der Waals surface area (Å²) in [7, 11) is 0. The van der Waals surface area contributed by atoms with Crippen molar-refractivity contribution in [3.8, 4) is 0 Å². The molecule has 1 aromatic heterocycles. The molecule has 1 heterocycles. The highest BCUT2D eigenvalue weighted by molar-refractivity contribution is 6.23. The molecule has 0 atom stereocenters. The summed E-state index contributed by atoms with van der Waals surface area (Å²) in [5.74, 6) is -0.350. The Hall–Kier alpha value is -4.50. The van der Waals surface area contributed by atoms with E-state index < -0.39 is 0 Å². The number of hydrogen-bond donors (Lipinski definition) is 0. The van der Waals surface area contributed by atoms with Gasteiger partial charge in [-0.05, 0) is 35.0 Å². The number of furan rings is 1. The Kier molecular flexibility index (Phi) is 4.41. The highest BCUT2D eigenvalue weighted by atomic mass is 16.3. The number of carbonyl (C=O) groups excluding carboxylic acids is 2. The molecule has 0 spiro atoms. The Morgan fingerprint density at radius 1 is 0.485 bits per heavy atom. The van der Waals surface area contributed by atoms with Crippen LogP contribution in [-0.2, 0) is 0 Å². The lowest BCUT2D eigenvalue weighted by Gasteiger charge is -2.10. The first-order chi connectivity index (χ1) is 16.2. The molecule has 0 fully saturated rings. The average Bonchev–Trinajstić information content (AvgIpc) is 3.25. The van der Waals surface area contributed by atoms with Crippen LogP contribution < -0.4 is 0 Å². The van der Waals surface area contributed by atoms with Gasteiger partial charge in [-0.15, -0.1) is 0 Å². The maximum atomic E-state index is 13.6. The largest absolute Gasteiger partial charge is 0.456 e. The van der Waals surface area contributed by atoms with Gasteiger partial charge in [0.25, 0.3) is 0 Å². The second kappa shape index (κ2) is 7.57. The Labute approximate surface area is 189 Å². The summed E-state index contributed by atoms with van der Waals surface area (Å²) in [5.41, 5.74) is 3.41. The van der Waals surface area contributed by atoms with Gasteiger partial charge in [-0.3, -0.25) is 9.59 Å². The van der Waals surface area contributed by atoms with Crippen molar-refractivity contribution < 1.29 is 14.0 Å². The molecule has 0 aliphatic rings. The van der Waals surface area contributed by atoms with Crippen molar-refractivity contribution >= 4 is 44.3 Å². The lowest BCUT2D eigenvalue weighted by molar-refractivity contribution is 0.100. The molecule has 3 nitrogen and oxygen atoms in total. The van der Waals surface area contributed by atoms with E-state index in [9.17, 15) is 9.59 Å². The van der Waals surface area contributed by atoms with Crippen LogP contribution in [-0.4, -0.2) is 11.6 Å². The second-order valence-corrected chi connectivity index (χ2v) is 8.04. The average molecular weight is 426 g/mol. The Bertz CT molecular complexity index is 1700. The van der Waals surface area contributed by atoms with E-state index in [1.165, 1.54) is 0 Å². The topological polar surface area (TPSA) is 47.3 Å². The fourth-order valence-electron chi connectivity index (χ4n) is 4.47. The summed E-state index contributed by atoms with van der Waals surface area (Å²) < 4.78 is 5.89. The Balaban J connectivity index is 1.47. The quantitative estimate of drug-likeness (QED) is 0.280. The maximum Gasteiger partial charge on any atom is 0.194 e. The number of para-hydroxylation sites is 1. The summed E-state index contributed by atoms with van der Waals surface area (Å²) in [4.78, 5) is 27.2. The monoisotopic (exact) mass is 426 g/mol. The minimum atomic E-state index is -0.189. The number of ketones is 2. The third kappa shape index (κ3) is 3.14. The van der Waals surface area contributed by atoms with Gasteiger partial charge < -0.3 is 4.42 Å². The lowest BCUT2D eigenvalue weighted by Crippen LogP contribution is -2.11. The van der Waals surface area contributed by atoms with Crippen LogP contribution in [0.15, 0.2) is 114 Å². The maximum absolute atomic E-state index is 13.6. The van der Waals surface area contributed by atoms with Gasteiger partial charge in [0, 0.05) is 33.0 Å². The molecule has 0 N–H and O–H groups in total. The molecule has 0 radical (unpaired) electrons. The molecule has 0 saturated carbocycles. The van der Waals surface area contributed by atoms with E-state index in [0.717, 1.165) is 32.7 Å². The van der Waals surface area contributed by atoms with Crippen LogP contribution in [0.25, 0.3) is 32.7 Å². The molecule has 0 unspecified atom stereocenters. The summed E-state index contributed by atoms with van der Waals surface area (Å²) in [6.45, 7) is 0. The normalized spacial score (nSPS) is 11.3. The summed E-state index contributed by atoms with van der Waals surface area (Å²) >= 11 is 0. The van der Waals surface area contributed by atoms with Crippen LogP contribution >= 0.6 is 0 Å². The molecule has 33 heavy (non-hydrogen) atoms. The van der Waals surface area contributed by atoms with Crippen LogP contribution in [0, 0.1) is 0 Å². The van der Waals surface area contributed by atoms with Crippen molar-refractivity contribution in [1.82, 2.24) is 0 Å². The molecular formula is C30H18O3. The SMILES string of the molecule is O=C(c1ccc2oc3ccccc3c2c1)c1ccccc1C(=O)c1cccc2ccccc12. The number of carbonyl (C=O) groups is 2. The first-order valence-electron chi connectivity index (χ1n) is 10.8. The molecular weight excluding hydrogens is 408 g/mol. The smallest absolute Gasteiger partial charge is 0.194 e. The van der Waals surface area contributed by atoms with Crippen LogP contribution in [0.2, 0.25) is 0 Å². The van der Waals surface area contributed by atoms with E-state index in [4.69, 9.17) is 4.42 Å². The fourth-order valence-corrected chi connectivity index (χ4v) is 4.47. The van der Waals surface area contributed by atoms with E-state index in [-0.39, 0.29) is 11.6 Å². The zero-order valence-electron chi connectivity index (χ0n) is 17.6. The predicted octanol–water partition coefficient (Wildman–Crippen LogP) is 7.20. The van der Waals surface area contributed by atoms with Crippen LogP contribution in [0.1, 0.15) is 31.8 Å². The summed E-state index contributed by atoms with van der Waals surface area (Å²) in [6.07, 6.45) is 0. The van der Waals surface area contributed by atoms with Crippen molar-refractivity contribution in [2.24, 2.45) is 0 Å². The van der Waals surface area contributed by atoms with E-state index >= 15 is 0 Å². The van der Waals surface area contributed by atoms with Crippen molar-refractivity contribution in [2.75, 3.05) is 0 Å². The Morgan fingerprint density at radius 3 is 1.94 bits per heavy atom. The number of fused-ring (bicyclic) bond motifs is 4. The van der Waals surface area contributed by atoms with E-state index in [0.29, 0.717) is 22.3 Å². The molecule has 3 heteroatoms. The minimum absolute atomic E-state index is 0.161. The van der Waals surface area contributed by atoms with Gasteiger partial charge in [0.1, 0.15) is 11.2 Å². The Morgan fingerprint density at radius 2 is 1.09 bits per heavy atom. The molecule has 0 aliphatic carbocycles. The summed E-state index contributed by atoms with van der Waals surface area (Å²) in [6, 6.07) is 33.7. The molecule has 0 saturated heterocycles.